The maximum atomic E-state index is 8.73. The Morgan fingerprint density at radius 3 is 3.00 bits per heavy atom. The highest BCUT2D eigenvalue weighted by molar-refractivity contribution is 5.36. The van der Waals surface area contributed by atoms with Crippen molar-refractivity contribution in [2.24, 2.45) is 0 Å². The van der Waals surface area contributed by atoms with Gasteiger partial charge >= 0.3 is 0 Å². The summed E-state index contributed by atoms with van der Waals surface area (Å²) < 4.78 is 10.9. The lowest BCUT2D eigenvalue weighted by Gasteiger charge is -2.14. The highest BCUT2D eigenvalue weighted by Gasteiger charge is 2.20. The third-order valence-corrected chi connectivity index (χ3v) is 2.64. The molecule has 0 bridgehead atoms. The van der Waals surface area contributed by atoms with E-state index in [2.05, 4.69) is 6.07 Å². The molecule has 0 amide bonds. The number of aliphatic hydroxyl groups is 1. The summed E-state index contributed by atoms with van der Waals surface area (Å²) in [5, 5.41) is 8.73. The van der Waals surface area contributed by atoms with Gasteiger partial charge < -0.3 is 14.6 Å². The van der Waals surface area contributed by atoms with Gasteiger partial charge in [-0.05, 0) is 18.1 Å². The zero-order valence-electron chi connectivity index (χ0n) is 8.69. The molecule has 1 atom stereocenters. The first kappa shape index (κ1) is 10.5. The average Bonchev–Trinajstić information content (AvgIpc) is 2.80. The molecule has 2 rings (SSSR count). The zero-order chi connectivity index (χ0) is 10.5. The van der Waals surface area contributed by atoms with Crippen LogP contribution < -0.4 is 4.74 Å². The summed E-state index contributed by atoms with van der Waals surface area (Å²) in [6, 6.07) is 7.99. The molecule has 1 N–H and O–H groups in total. The summed E-state index contributed by atoms with van der Waals surface area (Å²) in [6.07, 6.45) is 1.06. The summed E-state index contributed by atoms with van der Waals surface area (Å²) >= 11 is 0. The molecule has 1 heterocycles. The van der Waals surface area contributed by atoms with Gasteiger partial charge in [0.15, 0.2) is 0 Å². The van der Waals surface area contributed by atoms with E-state index in [1.807, 2.05) is 18.2 Å². The first-order valence-corrected chi connectivity index (χ1v) is 5.32. The summed E-state index contributed by atoms with van der Waals surface area (Å²) in [4.78, 5) is 0. The predicted molar refractivity (Wildman–Crippen MR) is 57.2 cm³/mol. The fourth-order valence-electron chi connectivity index (χ4n) is 1.88. The van der Waals surface area contributed by atoms with Gasteiger partial charge in [-0.3, -0.25) is 0 Å². The van der Waals surface area contributed by atoms with Gasteiger partial charge in [0, 0.05) is 12.5 Å². The number of rotatable bonds is 4. The van der Waals surface area contributed by atoms with Gasteiger partial charge in [-0.2, -0.15) is 0 Å². The summed E-state index contributed by atoms with van der Waals surface area (Å²) in [6.45, 7) is 2.01. The normalized spacial score (nSPS) is 20.5. The van der Waals surface area contributed by atoms with Crippen LogP contribution in [0, 0.1) is 0 Å². The van der Waals surface area contributed by atoms with Gasteiger partial charge in [0.2, 0.25) is 0 Å². The lowest BCUT2D eigenvalue weighted by Crippen LogP contribution is -2.06. The molecule has 1 aliphatic rings. The second-order valence-corrected chi connectivity index (χ2v) is 3.67. The maximum Gasteiger partial charge on any atom is 0.122 e. The second-order valence-electron chi connectivity index (χ2n) is 3.67. The van der Waals surface area contributed by atoms with Gasteiger partial charge in [0.25, 0.3) is 0 Å². The molecule has 0 radical (unpaired) electrons. The van der Waals surface area contributed by atoms with Crippen LogP contribution in [0.4, 0.5) is 0 Å². The van der Waals surface area contributed by atoms with E-state index in [4.69, 9.17) is 14.6 Å². The molecule has 1 saturated heterocycles. The van der Waals surface area contributed by atoms with Gasteiger partial charge in [0.05, 0.1) is 13.2 Å². The van der Waals surface area contributed by atoms with Crippen LogP contribution in [0.5, 0.6) is 5.75 Å². The van der Waals surface area contributed by atoms with Crippen molar-refractivity contribution in [3.05, 3.63) is 29.8 Å². The smallest absolute Gasteiger partial charge is 0.122 e. The summed E-state index contributed by atoms with van der Waals surface area (Å²) in [5.41, 5.74) is 1.20. The van der Waals surface area contributed by atoms with Crippen molar-refractivity contribution in [3.63, 3.8) is 0 Å². The Kier molecular flexibility index (Phi) is 3.59. The predicted octanol–water partition coefficient (Wildman–Crippen LogP) is 1.56. The molecule has 0 aliphatic carbocycles. The van der Waals surface area contributed by atoms with E-state index >= 15 is 0 Å². The first-order chi connectivity index (χ1) is 7.42. The molecule has 3 nitrogen and oxygen atoms in total. The van der Waals surface area contributed by atoms with Crippen LogP contribution in [-0.4, -0.2) is 31.5 Å². The Morgan fingerprint density at radius 1 is 1.40 bits per heavy atom. The van der Waals surface area contributed by atoms with Crippen LogP contribution in [0.2, 0.25) is 0 Å². The number of hydrogen-bond acceptors (Lipinski definition) is 3. The quantitative estimate of drug-likeness (QED) is 0.816. The molecule has 15 heavy (non-hydrogen) atoms. The third-order valence-electron chi connectivity index (χ3n) is 2.64. The minimum Gasteiger partial charge on any atom is -0.491 e. The largest absolute Gasteiger partial charge is 0.491 e. The van der Waals surface area contributed by atoms with E-state index in [0.717, 1.165) is 25.4 Å². The molecule has 0 spiro atoms. The van der Waals surface area contributed by atoms with Crippen LogP contribution >= 0.6 is 0 Å². The van der Waals surface area contributed by atoms with Crippen molar-refractivity contribution in [3.8, 4) is 5.75 Å². The van der Waals surface area contributed by atoms with Crippen molar-refractivity contribution in [2.75, 3.05) is 26.4 Å². The Labute approximate surface area is 89.6 Å². The monoisotopic (exact) mass is 208 g/mol. The molecule has 1 unspecified atom stereocenters. The number of hydrogen-bond donors (Lipinski definition) is 1. The van der Waals surface area contributed by atoms with Crippen molar-refractivity contribution < 1.29 is 14.6 Å². The highest BCUT2D eigenvalue weighted by atomic mass is 16.5. The number of benzene rings is 1. The van der Waals surface area contributed by atoms with E-state index in [-0.39, 0.29) is 6.61 Å². The fourth-order valence-corrected chi connectivity index (χ4v) is 1.88. The van der Waals surface area contributed by atoms with Gasteiger partial charge in [0.1, 0.15) is 12.4 Å². The zero-order valence-corrected chi connectivity index (χ0v) is 8.69. The minimum atomic E-state index is 0.0511. The molecule has 1 aromatic rings. The van der Waals surface area contributed by atoms with Crippen molar-refractivity contribution >= 4 is 0 Å². The van der Waals surface area contributed by atoms with E-state index < -0.39 is 0 Å². The van der Waals surface area contributed by atoms with Gasteiger partial charge in [-0.25, -0.2) is 0 Å². The van der Waals surface area contributed by atoms with Gasteiger partial charge in [-0.15, -0.1) is 0 Å². The van der Waals surface area contributed by atoms with Crippen LogP contribution in [0.1, 0.15) is 17.9 Å². The first-order valence-electron chi connectivity index (χ1n) is 5.32. The summed E-state index contributed by atoms with van der Waals surface area (Å²) in [7, 11) is 0. The summed E-state index contributed by atoms with van der Waals surface area (Å²) in [5.74, 6) is 1.32. The van der Waals surface area contributed by atoms with E-state index in [9.17, 15) is 0 Å². The van der Waals surface area contributed by atoms with Crippen LogP contribution in [0.25, 0.3) is 0 Å². The molecule has 0 saturated carbocycles. The SMILES string of the molecule is OCCOc1ccccc1C1CCOC1. The second kappa shape index (κ2) is 5.14. The number of aliphatic hydroxyl groups excluding tert-OH is 1. The average molecular weight is 208 g/mol. The Hall–Kier alpha value is -1.06. The lowest BCUT2D eigenvalue weighted by molar-refractivity contribution is 0.190. The maximum absolute atomic E-state index is 8.73. The van der Waals surface area contributed by atoms with Crippen molar-refractivity contribution in [1.82, 2.24) is 0 Å². The lowest BCUT2D eigenvalue weighted by atomic mass is 9.98. The number of para-hydroxylation sites is 1. The van der Waals surface area contributed by atoms with E-state index in [1.165, 1.54) is 5.56 Å². The van der Waals surface area contributed by atoms with Crippen LogP contribution in [0.15, 0.2) is 24.3 Å². The molecule has 3 heteroatoms. The molecular weight excluding hydrogens is 192 g/mol. The Balaban J connectivity index is 2.13. The molecule has 0 aromatic heterocycles. The van der Waals surface area contributed by atoms with Crippen molar-refractivity contribution in [2.45, 2.75) is 12.3 Å². The third kappa shape index (κ3) is 2.49. The van der Waals surface area contributed by atoms with Crippen LogP contribution in [-0.2, 0) is 4.74 Å². The molecule has 1 fully saturated rings. The fraction of sp³-hybridized carbons (Fsp3) is 0.500. The van der Waals surface area contributed by atoms with E-state index in [1.54, 1.807) is 0 Å². The molecule has 1 aromatic carbocycles. The minimum absolute atomic E-state index is 0.0511. The van der Waals surface area contributed by atoms with E-state index in [0.29, 0.717) is 12.5 Å². The number of ether oxygens (including phenoxy) is 2. The Morgan fingerprint density at radius 2 is 2.27 bits per heavy atom. The standard InChI is InChI=1S/C12H16O3/c13-6-8-15-12-4-2-1-3-11(12)10-5-7-14-9-10/h1-4,10,13H,5-9H2. The topological polar surface area (TPSA) is 38.7 Å². The molecule has 1 aliphatic heterocycles. The van der Waals surface area contributed by atoms with Gasteiger partial charge in [-0.1, -0.05) is 18.2 Å². The highest BCUT2D eigenvalue weighted by Crippen LogP contribution is 2.32. The molecular formula is C12H16O3. The Bertz CT molecular complexity index is 305. The van der Waals surface area contributed by atoms with Crippen LogP contribution in [0.3, 0.4) is 0 Å². The molecule has 82 valence electrons. The van der Waals surface area contributed by atoms with Crippen molar-refractivity contribution in [1.29, 1.82) is 0 Å².